The molecule has 0 aromatic heterocycles. The zero-order chi connectivity index (χ0) is 14.8. The maximum Gasteiger partial charge on any atom is 0.391 e. The van der Waals surface area contributed by atoms with Crippen molar-refractivity contribution < 1.29 is 17.6 Å². The van der Waals surface area contributed by atoms with E-state index in [4.69, 9.17) is 5.73 Å². The van der Waals surface area contributed by atoms with E-state index in [2.05, 4.69) is 5.32 Å². The van der Waals surface area contributed by atoms with E-state index in [-0.39, 0.29) is 25.2 Å². The largest absolute Gasteiger partial charge is 0.391 e. The van der Waals surface area contributed by atoms with Crippen LogP contribution in [0.2, 0.25) is 0 Å². The minimum absolute atomic E-state index is 0.0373. The Morgan fingerprint density at radius 1 is 1.25 bits per heavy atom. The van der Waals surface area contributed by atoms with Gasteiger partial charge in [-0.3, -0.25) is 0 Å². The molecule has 2 nitrogen and oxygen atoms in total. The fraction of sp³-hybridized carbons (Fsp3) is 0.571. The quantitative estimate of drug-likeness (QED) is 0.833. The highest BCUT2D eigenvalue weighted by molar-refractivity contribution is 5.46. The molecule has 1 fully saturated rings. The molecule has 0 spiro atoms. The molecule has 1 aromatic carbocycles. The van der Waals surface area contributed by atoms with E-state index in [1.807, 2.05) is 0 Å². The lowest BCUT2D eigenvalue weighted by Gasteiger charge is -2.42. The molecular formula is C14H18F4N2. The third kappa shape index (κ3) is 3.42. The number of hydrogen-bond acceptors (Lipinski definition) is 2. The van der Waals surface area contributed by atoms with Crippen molar-refractivity contribution in [3.63, 3.8) is 0 Å². The summed E-state index contributed by atoms with van der Waals surface area (Å²) in [7, 11) is 0. The van der Waals surface area contributed by atoms with Crippen LogP contribution in [0.1, 0.15) is 25.7 Å². The van der Waals surface area contributed by atoms with Crippen LogP contribution in [0.15, 0.2) is 24.3 Å². The molecular weight excluding hydrogens is 272 g/mol. The first-order chi connectivity index (χ1) is 9.35. The summed E-state index contributed by atoms with van der Waals surface area (Å²) >= 11 is 0. The number of alkyl halides is 3. The van der Waals surface area contributed by atoms with Crippen molar-refractivity contribution in [3.8, 4) is 0 Å². The van der Waals surface area contributed by atoms with Crippen LogP contribution in [0.25, 0.3) is 0 Å². The molecule has 1 saturated carbocycles. The molecule has 0 aliphatic heterocycles. The number of rotatable bonds is 3. The number of nitrogens with one attached hydrogen (secondary N) is 1. The molecule has 1 aromatic rings. The zero-order valence-corrected chi connectivity index (χ0v) is 11.0. The van der Waals surface area contributed by atoms with Crippen molar-refractivity contribution in [2.24, 2.45) is 11.7 Å². The fourth-order valence-corrected chi connectivity index (χ4v) is 2.83. The van der Waals surface area contributed by atoms with Crippen LogP contribution in [-0.2, 0) is 0 Å². The summed E-state index contributed by atoms with van der Waals surface area (Å²) in [5.74, 6) is -1.71. The lowest BCUT2D eigenvalue weighted by molar-refractivity contribution is -0.185. The van der Waals surface area contributed by atoms with Gasteiger partial charge < -0.3 is 11.1 Å². The average molecular weight is 290 g/mol. The van der Waals surface area contributed by atoms with E-state index in [0.717, 1.165) is 0 Å². The molecule has 0 heterocycles. The first-order valence-electron chi connectivity index (χ1n) is 6.65. The van der Waals surface area contributed by atoms with Gasteiger partial charge in [0.2, 0.25) is 0 Å². The van der Waals surface area contributed by atoms with Crippen LogP contribution >= 0.6 is 0 Å². The maximum atomic E-state index is 12.9. The second-order valence-corrected chi connectivity index (χ2v) is 5.45. The second-order valence-electron chi connectivity index (χ2n) is 5.45. The molecule has 0 radical (unpaired) electrons. The van der Waals surface area contributed by atoms with Crippen molar-refractivity contribution in [2.75, 3.05) is 11.9 Å². The highest BCUT2D eigenvalue weighted by Gasteiger charge is 2.47. The Morgan fingerprint density at radius 3 is 2.45 bits per heavy atom. The van der Waals surface area contributed by atoms with E-state index in [0.29, 0.717) is 18.5 Å². The summed E-state index contributed by atoms with van der Waals surface area (Å²) in [5.41, 5.74) is 5.55. The molecule has 2 atom stereocenters. The lowest BCUT2D eigenvalue weighted by atomic mass is 9.75. The fourth-order valence-electron chi connectivity index (χ4n) is 2.83. The third-order valence-electron chi connectivity index (χ3n) is 3.95. The Kier molecular flexibility index (Phi) is 4.22. The van der Waals surface area contributed by atoms with Gasteiger partial charge in [0.05, 0.1) is 11.5 Å². The minimum atomic E-state index is -4.19. The van der Waals surface area contributed by atoms with Gasteiger partial charge in [-0.2, -0.15) is 13.2 Å². The highest BCUT2D eigenvalue weighted by Crippen LogP contribution is 2.42. The Labute approximate surface area is 115 Å². The monoisotopic (exact) mass is 290 g/mol. The molecule has 0 saturated heterocycles. The Hall–Kier alpha value is -1.30. The standard InChI is InChI=1S/C14H18F4N2/c15-11-3-5-12(6-4-11)20-13(9-19)7-1-2-10(8-13)14(16,17)18/h3-6,10,20H,1-2,7-9,19H2. The second kappa shape index (κ2) is 5.60. The van der Waals surface area contributed by atoms with Crippen molar-refractivity contribution in [3.05, 3.63) is 30.1 Å². The van der Waals surface area contributed by atoms with Crippen LogP contribution in [-0.4, -0.2) is 18.3 Å². The van der Waals surface area contributed by atoms with Gasteiger partial charge in [-0.25, -0.2) is 4.39 Å². The highest BCUT2D eigenvalue weighted by atomic mass is 19.4. The first kappa shape index (κ1) is 15.1. The third-order valence-corrected chi connectivity index (χ3v) is 3.95. The SMILES string of the molecule is NCC1(Nc2ccc(F)cc2)CCCC(C(F)(F)F)C1. The van der Waals surface area contributed by atoms with E-state index in [9.17, 15) is 17.6 Å². The van der Waals surface area contributed by atoms with Gasteiger partial charge in [0.1, 0.15) is 5.82 Å². The Morgan fingerprint density at radius 2 is 1.90 bits per heavy atom. The summed E-state index contributed by atoms with van der Waals surface area (Å²) < 4.78 is 51.5. The molecule has 20 heavy (non-hydrogen) atoms. The first-order valence-corrected chi connectivity index (χ1v) is 6.65. The van der Waals surface area contributed by atoms with Crippen LogP contribution in [0, 0.1) is 11.7 Å². The van der Waals surface area contributed by atoms with Crippen LogP contribution in [0.5, 0.6) is 0 Å². The zero-order valence-electron chi connectivity index (χ0n) is 11.0. The average Bonchev–Trinajstić information content (AvgIpc) is 2.41. The van der Waals surface area contributed by atoms with E-state index >= 15 is 0 Å². The normalized spacial score (nSPS) is 27.4. The van der Waals surface area contributed by atoms with Crippen molar-refractivity contribution >= 4 is 5.69 Å². The number of halogens is 4. The summed E-state index contributed by atoms with van der Waals surface area (Å²) in [6.07, 6.45) is -3.00. The minimum Gasteiger partial charge on any atom is -0.378 e. The number of hydrogen-bond donors (Lipinski definition) is 2. The van der Waals surface area contributed by atoms with Crippen LogP contribution in [0.4, 0.5) is 23.2 Å². The Balaban J connectivity index is 2.14. The maximum absolute atomic E-state index is 12.9. The molecule has 2 unspecified atom stereocenters. The van der Waals surface area contributed by atoms with E-state index in [1.54, 1.807) is 0 Å². The van der Waals surface area contributed by atoms with Gasteiger partial charge in [-0.05, 0) is 43.5 Å². The van der Waals surface area contributed by atoms with E-state index < -0.39 is 17.6 Å². The molecule has 6 heteroatoms. The molecule has 1 aliphatic carbocycles. The van der Waals surface area contributed by atoms with Gasteiger partial charge in [0, 0.05) is 12.2 Å². The van der Waals surface area contributed by atoms with Crippen molar-refractivity contribution in [2.45, 2.75) is 37.4 Å². The Bertz CT molecular complexity index is 443. The topological polar surface area (TPSA) is 38.0 Å². The van der Waals surface area contributed by atoms with Gasteiger partial charge in [0.15, 0.2) is 0 Å². The number of benzene rings is 1. The predicted octanol–water partition coefficient (Wildman–Crippen LogP) is 3.69. The summed E-state index contributed by atoms with van der Waals surface area (Å²) in [6.45, 7) is 0.122. The van der Waals surface area contributed by atoms with Crippen molar-refractivity contribution in [1.82, 2.24) is 0 Å². The van der Waals surface area contributed by atoms with Gasteiger partial charge in [-0.15, -0.1) is 0 Å². The number of nitrogens with two attached hydrogens (primary N) is 1. The summed E-state index contributed by atoms with van der Waals surface area (Å²) in [6, 6.07) is 5.58. The van der Waals surface area contributed by atoms with Gasteiger partial charge >= 0.3 is 6.18 Å². The number of anilines is 1. The summed E-state index contributed by atoms with van der Waals surface area (Å²) in [4.78, 5) is 0. The molecule has 112 valence electrons. The molecule has 1 aliphatic rings. The lowest BCUT2D eigenvalue weighted by Crippen LogP contribution is -2.51. The smallest absolute Gasteiger partial charge is 0.378 e. The van der Waals surface area contributed by atoms with E-state index in [1.165, 1.54) is 24.3 Å². The van der Waals surface area contributed by atoms with Crippen LogP contribution in [0.3, 0.4) is 0 Å². The molecule has 3 N–H and O–H groups in total. The molecule has 2 rings (SSSR count). The van der Waals surface area contributed by atoms with Crippen LogP contribution < -0.4 is 11.1 Å². The molecule has 0 bridgehead atoms. The molecule has 0 amide bonds. The summed E-state index contributed by atoms with van der Waals surface area (Å²) in [5, 5.41) is 3.08. The predicted molar refractivity (Wildman–Crippen MR) is 69.8 cm³/mol. The van der Waals surface area contributed by atoms with Gasteiger partial charge in [-0.1, -0.05) is 6.42 Å². The van der Waals surface area contributed by atoms with Gasteiger partial charge in [0.25, 0.3) is 0 Å². The van der Waals surface area contributed by atoms with Crippen molar-refractivity contribution in [1.29, 1.82) is 0 Å².